The largest absolute Gasteiger partial charge is 0.478 e. The van der Waals surface area contributed by atoms with Gasteiger partial charge in [0.2, 0.25) is 0 Å². The van der Waals surface area contributed by atoms with Crippen molar-refractivity contribution in [1.29, 1.82) is 0 Å². The SMILES string of the molecule is CCOC(=O)c1cnn(-c2cccc(Cl)c2C(=O)O)c1. The summed E-state index contributed by atoms with van der Waals surface area (Å²) < 4.78 is 6.12. The van der Waals surface area contributed by atoms with Crippen LogP contribution >= 0.6 is 11.6 Å². The first-order valence-electron chi connectivity index (χ1n) is 5.78. The van der Waals surface area contributed by atoms with Crippen LogP contribution in [-0.4, -0.2) is 33.4 Å². The van der Waals surface area contributed by atoms with E-state index in [0.717, 1.165) is 0 Å². The van der Waals surface area contributed by atoms with Crippen LogP contribution < -0.4 is 0 Å². The molecule has 0 aliphatic rings. The normalized spacial score (nSPS) is 10.3. The van der Waals surface area contributed by atoms with Crippen molar-refractivity contribution in [3.8, 4) is 5.69 Å². The molecule has 2 rings (SSSR count). The average molecular weight is 295 g/mol. The number of nitrogens with zero attached hydrogens (tertiary/aromatic N) is 2. The fraction of sp³-hybridized carbons (Fsp3) is 0.154. The summed E-state index contributed by atoms with van der Waals surface area (Å²) in [5.41, 5.74) is 0.441. The molecule has 0 saturated heterocycles. The van der Waals surface area contributed by atoms with Crippen LogP contribution in [0.25, 0.3) is 5.69 Å². The van der Waals surface area contributed by atoms with E-state index in [4.69, 9.17) is 16.3 Å². The summed E-state index contributed by atoms with van der Waals surface area (Å²) in [6.45, 7) is 1.95. The fourth-order valence-corrected chi connectivity index (χ4v) is 1.94. The molecule has 0 aliphatic heterocycles. The number of hydrogen-bond donors (Lipinski definition) is 1. The quantitative estimate of drug-likeness (QED) is 0.876. The highest BCUT2D eigenvalue weighted by atomic mass is 35.5. The van der Waals surface area contributed by atoms with Crippen LogP contribution in [0.3, 0.4) is 0 Å². The van der Waals surface area contributed by atoms with Gasteiger partial charge in [0.25, 0.3) is 0 Å². The van der Waals surface area contributed by atoms with Crippen molar-refractivity contribution >= 4 is 23.5 Å². The van der Waals surface area contributed by atoms with Crippen molar-refractivity contribution in [3.63, 3.8) is 0 Å². The number of hydrogen-bond acceptors (Lipinski definition) is 4. The van der Waals surface area contributed by atoms with Crippen LogP contribution in [0, 0.1) is 0 Å². The number of aromatic nitrogens is 2. The highest BCUT2D eigenvalue weighted by Crippen LogP contribution is 2.23. The number of carbonyl (C=O) groups is 2. The molecule has 1 aromatic heterocycles. The molecule has 0 atom stereocenters. The van der Waals surface area contributed by atoms with E-state index in [1.54, 1.807) is 19.1 Å². The molecule has 0 spiro atoms. The molecular weight excluding hydrogens is 284 g/mol. The summed E-state index contributed by atoms with van der Waals surface area (Å²) in [6.07, 6.45) is 2.71. The van der Waals surface area contributed by atoms with Gasteiger partial charge in [0.05, 0.1) is 29.1 Å². The third kappa shape index (κ3) is 2.65. The minimum absolute atomic E-state index is 0.0762. The lowest BCUT2D eigenvalue weighted by Crippen LogP contribution is -2.07. The molecule has 1 aromatic carbocycles. The molecule has 6 nitrogen and oxygen atoms in total. The summed E-state index contributed by atoms with van der Waals surface area (Å²) in [6, 6.07) is 4.64. The monoisotopic (exact) mass is 294 g/mol. The Bertz CT molecular complexity index is 666. The Kier molecular flexibility index (Phi) is 4.05. The third-order valence-electron chi connectivity index (χ3n) is 2.55. The van der Waals surface area contributed by atoms with Crippen molar-refractivity contribution in [3.05, 3.63) is 46.7 Å². The highest BCUT2D eigenvalue weighted by Gasteiger charge is 2.18. The average Bonchev–Trinajstić information content (AvgIpc) is 2.87. The summed E-state index contributed by atoms with van der Waals surface area (Å²) in [4.78, 5) is 22.8. The summed E-state index contributed by atoms with van der Waals surface area (Å²) >= 11 is 5.88. The molecule has 0 unspecified atom stereocenters. The summed E-state index contributed by atoms with van der Waals surface area (Å²) in [7, 11) is 0. The maximum atomic E-state index is 11.6. The van der Waals surface area contributed by atoms with Gasteiger partial charge in [0, 0.05) is 6.20 Å². The third-order valence-corrected chi connectivity index (χ3v) is 2.86. The molecule has 0 amide bonds. The smallest absolute Gasteiger partial charge is 0.341 e. The molecule has 0 bridgehead atoms. The minimum Gasteiger partial charge on any atom is -0.478 e. The lowest BCUT2D eigenvalue weighted by molar-refractivity contribution is 0.0526. The predicted molar refractivity (Wildman–Crippen MR) is 71.5 cm³/mol. The number of halogens is 1. The van der Waals surface area contributed by atoms with E-state index in [0.29, 0.717) is 0 Å². The number of benzene rings is 1. The van der Waals surface area contributed by atoms with Gasteiger partial charge in [-0.3, -0.25) is 0 Å². The van der Waals surface area contributed by atoms with E-state index in [9.17, 15) is 14.7 Å². The van der Waals surface area contributed by atoms with Crippen molar-refractivity contribution in [2.45, 2.75) is 6.92 Å². The second kappa shape index (κ2) is 5.75. The Labute approximate surface area is 119 Å². The van der Waals surface area contributed by atoms with Crippen LogP contribution in [0.1, 0.15) is 27.6 Å². The Morgan fingerprint density at radius 3 is 2.85 bits per heavy atom. The number of carboxylic acid groups (broad SMARTS) is 1. The molecule has 0 radical (unpaired) electrons. The lowest BCUT2D eigenvalue weighted by atomic mass is 10.2. The molecule has 7 heteroatoms. The molecule has 104 valence electrons. The van der Waals surface area contributed by atoms with Gasteiger partial charge in [-0.2, -0.15) is 5.10 Å². The topological polar surface area (TPSA) is 81.4 Å². The first kappa shape index (κ1) is 14.1. The Balaban J connectivity index is 2.45. The summed E-state index contributed by atoms with van der Waals surface area (Å²) in [5.74, 6) is -1.68. The fourth-order valence-electron chi connectivity index (χ4n) is 1.69. The van der Waals surface area contributed by atoms with E-state index in [1.165, 1.54) is 23.1 Å². The molecular formula is C13H11ClN2O4. The second-order valence-corrected chi connectivity index (χ2v) is 4.24. The molecule has 20 heavy (non-hydrogen) atoms. The van der Waals surface area contributed by atoms with Crippen LogP contribution in [0.5, 0.6) is 0 Å². The van der Waals surface area contributed by atoms with E-state index in [1.807, 2.05) is 0 Å². The van der Waals surface area contributed by atoms with Crippen molar-refractivity contribution in [1.82, 2.24) is 9.78 Å². The number of ether oxygens (including phenoxy) is 1. The van der Waals surface area contributed by atoms with Gasteiger partial charge in [-0.15, -0.1) is 0 Å². The number of aromatic carboxylic acids is 1. The Morgan fingerprint density at radius 1 is 1.45 bits per heavy atom. The Hall–Kier alpha value is -2.34. The van der Waals surface area contributed by atoms with Crippen LogP contribution in [-0.2, 0) is 4.74 Å². The van der Waals surface area contributed by atoms with Crippen molar-refractivity contribution in [2.24, 2.45) is 0 Å². The molecule has 1 heterocycles. The maximum absolute atomic E-state index is 11.6. The zero-order chi connectivity index (χ0) is 14.7. The van der Waals surface area contributed by atoms with Gasteiger partial charge in [-0.25, -0.2) is 14.3 Å². The van der Waals surface area contributed by atoms with Crippen molar-refractivity contribution < 1.29 is 19.4 Å². The van der Waals surface area contributed by atoms with E-state index >= 15 is 0 Å². The van der Waals surface area contributed by atoms with Gasteiger partial charge >= 0.3 is 11.9 Å². The zero-order valence-electron chi connectivity index (χ0n) is 10.5. The molecule has 0 saturated carbocycles. The van der Waals surface area contributed by atoms with Crippen LogP contribution in [0.2, 0.25) is 5.02 Å². The van der Waals surface area contributed by atoms with Gasteiger partial charge in [-0.1, -0.05) is 17.7 Å². The predicted octanol–water partition coefficient (Wildman–Crippen LogP) is 2.40. The minimum atomic E-state index is -1.17. The molecule has 0 fully saturated rings. The standard InChI is InChI=1S/C13H11ClN2O4/c1-2-20-13(19)8-6-15-16(7-8)10-5-3-4-9(14)11(10)12(17)18/h3-7H,2H2,1H3,(H,17,18). The zero-order valence-corrected chi connectivity index (χ0v) is 11.3. The number of rotatable bonds is 4. The number of carbonyl (C=O) groups excluding carboxylic acids is 1. The van der Waals surface area contributed by atoms with E-state index in [-0.39, 0.29) is 28.4 Å². The molecule has 0 aliphatic carbocycles. The number of carboxylic acids is 1. The first-order valence-corrected chi connectivity index (χ1v) is 6.16. The first-order chi connectivity index (χ1) is 9.54. The lowest BCUT2D eigenvalue weighted by Gasteiger charge is -2.07. The number of esters is 1. The highest BCUT2D eigenvalue weighted by molar-refractivity contribution is 6.34. The molecule has 1 N–H and O–H groups in total. The van der Waals surface area contributed by atoms with Crippen LogP contribution in [0.4, 0.5) is 0 Å². The van der Waals surface area contributed by atoms with Gasteiger partial charge in [-0.05, 0) is 19.1 Å². The summed E-state index contributed by atoms with van der Waals surface area (Å²) in [5, 5.41) is 13.3. The van der Waals surface area contributed by atoms with Crippen molar-refractivity contribution in [2.75, 3.05) is 6.61 Å². The second-order valence-electron chi connectivity index (χ2n) is 3.83. The van der Waals surface area contributed by atoms with Gasteiger partial charge in [0.1, 0.15) is 5.56 Å². The molecule has 2 aromatic rings. The van der Waals surface area contributed by atoms with E-state index in [2.05, 4.69) is 5.10 Å². The van der Waals surface area contributed by atoms with Crippen LogP contribution in [0.15, 0.2) is 30.6 Å². The van der Waals surface area contributed by atoms with E-state index < -0.39 is 11.9 Å². The van der Waals surface area contributed by atoms with Gasteiger partial charge in [0.15, 0.2) is 0 Å². The van der Waals surface area contributed by atoms with Gasteiger partial charge < -0.3 is 9.84 Å². The maximum Gasteiger partial charge on any atom is 0.341 e. The Morgan fingerprint density at radius 2 is 2.20 bits per heavy atom.